The van der Waals surface area contributed by atoms with E-state index >= 15 is 0 Å². The summed E-state index contributed by atoms with van der Waals surface area (Å²) in [6.45, 7) is 3.79. The van der Waals surface area contributed by atoms with Crippen molar-refractivity contribution in [3.8, 4) is 11.6 Å². The van der Waals surface area contributed by atoms with Crippen LogP contribution in [0.2, 0.25) is 5.02 Å². The zero-order chi connectivity index (χ0) is 13.5. The molecule has 6 heteroatoms. The molecule has 0 aromatic carbocycles. The van der Waals surface area contributed by atoms with Crippen LogP contribution in [0.1, 0.15) is 19.0 Å². The van der Waals surface area contributed by atoms with Gasteiger partial charge in [0.25, 0.3) is 0 Å². The Kier molecular flexibility index (Phi) is 5.06. The number of aromatic nitrogens is 3. The summed E-state index contributed by atoms with van der Waals surface area (Å²) < 4.78 is 5.50. The maximum atomic E-state index is 5.82. The highest BCUT2D eigenvalue weighted by Crippen LogP contribution is 2.20. The number of ether oxygens (including phenoxy) is 1. The van der Waals surface area contributed by atoms with Crippen molar-refractivity contribution in [2.45, 2.75) is 19.9 Å². The molecule has 0 fully saturated rings. The lowest BCUT2D eigenvalue weighted by Gasteiger charge is -2.05. The van der Waals surface area contributed by atoms with E-state index in [1.54, 1.807) is 24.5 Å². The van der Waals surface area contributed by atoms with Gasteiger partial charge in [0.15, 0.2) is 0 Å². The van der Waals surface area contributed by atoms with Gasteiger partial charge in [-0.05, 0) is 19.0 Å². The summed E-state index contributed by atoms with van der Waals surface area (Å²) in [5, 5.41) is 11.9. The molecule has 0 spiro atoms. The second-order valence-electron chi connectivity index (χ2n) is 3.98. The van der Waals surface area contributed by atoms with Gasteiger partial charge >= 0.3 is 0 Å². The van der Waals surface area contributed by atoms with Gasteiger partial charge < -0.3 is 10.1 Å². The lowest BCUT2D eigenvalue weighted by atomic mass is 10.3. The van der Waals surface area contributed by atoms with E-state index in [1.807, 2.05) is 6.07 Å². The molecule has 0 aliphatic heterocycles. The third-order valence-electron chi connectivity index (χ3n) is 2.33. The van der Waals surface area contributed by atoms with Crippen LogP contribution in [0.15, 0.2) is 30.6 Å². The highest BCUT2D eigenvalue weighted by atomic mass is 35.5. The van der Waals surface area contributed by atoms with Crippen LogP contribution in [0, 0.1) is 0 Å². The second-order valence-corrected chi connectivity index (χ2v) is 4.42. The monoisotopic (exact) mass is 278 g/mol. The first-order chi connectivity index (χ1) is 9.28. The Labute approximate surface area is 117 Å². The van der Waals surface area contributed by atoms with Crippen LogP contribution >= 0.6 is 11.6 Å². The van der Waals surface area contributed by atoms with Gasteiger partial charge in [-0.3, -0.25) is 4.98 Å². The molecule has 0 radical (unpaired) electrons. The van der Waals surface area contributed by atoms with Crippen LogP contribution < -0.4 is 10.1 Å². The molecule has 2 rings (SSSR count). The van der Waals surface area contributed by atoms with Crippen LogP contribution in [-0.4, -0.2) is 21.7 Å². The summed E-state index contributed by atoms with van der Waals surface area (Å²) in [5.41, 5.74) is 0.880. The molecule has 19 heavy (non-hydrogen) atoms. The van der Waals surface area contributed by atoms with Gasteiger partial charge in [0.2, 0.25) is 5.88 Å². The number of hydrogen-bond donors (Lipinski definition) is 1. The van der Waals surface area contributed by atoms with Crippen molar-refractivity contribution in [3.63, 3.8) is 0 Å². The molecule has 1 N–H and O–H groups in total. The summed E-state index contributed by atoms with van der Waals surface area (Å²) in [4.78, 5) is 3.93. The molecule has 0 amide bonds. The molecule has 2 aromatic heterocycles. The van der Waals surface area contributed by atoms with E-state index in [0.717, 1.165) is 18.7 Å². The molecular formula is C13H15ClN4O. The SMILES string of the molecule is CCCNCc1ccc(Oc2cncc(Cl)c2)nn1. The molecule has 0 aliphatic rings. The number of pyridine rings is 1. The van der Waals surface area contributed by atoms with Gasteiger partial charge in [-0.1, -0.05) is 18.5 Å². The van der Waals surface area contributed by atoms with Crippen molar-refractivity contribution in [1.82, 2.24) is 20.5 Å². The number of nitrogens with zero attached hydrogens (tertiary/aromatic N) is 3. The first-order valence-corrected chi connectivity index (χ1v) is 6.47. The first kappa shape index (κ1) is 13.7. The number of halogens is 1. The summed E-state index contributed by atoms with van der Waals surface area (Å²) in [6.07, 6.45) is 4.21. The molecule has 0 aliphatic carbocycles. The van der Waals surface area contributed by atoms with Gasteiger partial charge in [0.1, 0.15) is 5.75 Å². The molecule has 2 heterocycles. The van der Waals surface area contributed by atoms with E-state index in [2.05, 4.69) is 27.4 Å². The zero-order valence-corrected chi connectivity index (χ0v) is 11.4. The topological polar surface area (TPSA) is 59.9 Å². The van der Waals surface area contributed by atoms with Crippen LogP contribution in [0.25, 0.3) is 0 Å². The fraction of sp³-hybridized carbons (Fsp3) is 0.308. The Morgan fingerprint density at radius 1 is 1.26 bits per heavy atom. The molecule has 0 saturated heterocycles. The van der Waals surface area contributed by atoms with Gasteiger partial charge in [0, 0.05) is 24.9 Å². The van der Waals surface area contributed by atoms with Gasteiger partial charge in [-0.15, -0.1) is 5.10 Å². The molecule has 0 saturated carbocycles. The summed E-state index contributed by atoms with van der Waals surface area (Å²) >= 11 is 5.82. The smallest absolute Gasteiger partial charge is 0.238 e. The van der Waals surface area contributed by atoms with Crippen molar-refractivity contribution in [2.24, 2.45) is 0 Å². The molecule has 100 valence electrons. The van der Waals surface area contributed by atoms with E-state index in [-0.39, 0.29) is 0 Å². The minimum atomic E-state index is 0.420. The largest absolute Gasteiger partial charge is 0.436 e. The lowest BCUT2D eigenvalue weighted by molar-refractivity contribution is 0.451. The van der Waals surface area contributed by atoms with E-state index < -0.39 is 0 Å². The van der Waals surface area contributed by atoms with Gasteiger partial charge in [0.05, 0.1) is 16.9 Å². The Morgan fingerprint density at radius 3 is 2.84 bits per heavy atom. The van der Waals surface area contributed by atoms with Gasteiger partial charge in [-0.25, -0.2) is 0 Å². The Bertz CT molecular complexity index is 518. The summed E-state index contributed by atoms with van der Waals surface area (Å²) in [7, 11) is 0. The molecule has 0 atom stereocenters. The second kappa shape index (κ2) is 7.01. The normalized spacial score (nSPS) is 10.4. The van der Waals surface area contributed by atoms with E-state index in [0.29, 0.717) is 23.2 Å². The van der Waals surface area contributed by atoms with Crippen LogP contribution in [-0.2, 0) is 6.54 Å². The summed E-state index contributed by atoms with van der Waals surface area (Å²) in [6, 6.07) is 5.33. The Morgan fingerprint density at radius 2 is 2.16 bits per heavy atom. The van der Waals surface area contributed by atoms with Crippen molar-refractivity contribution < 1.29 is 4.74 Å². The minimum Gasteiger partial charge on any atom is -0.436 e. The maximum Gasteiger partial charge on any atom is 0.238 e. The average molecular weight is 279 g/mol. The highest BCUT2D eigenvalue weighted by Gasteiger charge is 2.01. The fourth-order valence-electron chi connectivity index (χ4n) is 1.46. The summed E-state index contributed by atoms with van der Waals surface area (Å²) in [5.74, 6) is 0.960. The predicted molar refractivity (Wildman–Crippen MR) is 73.4 cm³/mol. The number of hydrogen-bond acceptors (Lipinski definition) is 5. The minimum absolute atomic E-state index is 0.420. The van der Waals surface area contributed by atoms with Crippen molar-refractivity contribution in [1.29, 1.82) is 0 Å². The third kappa shape index (κ3) is 4.46. The van der Waals surface area contributed by atoms with E-state index in [4.69, 9.17) is 16.3 Å². The van der Waals surface area contributed by atoms with Crippen LogP contribution in [0.4, 0.5) is 0 Å². The van der Waals surface area contributed by atoms with Crippen LogP contribution in [0.3, 0.4) is 0 Å². The first-order valence-electron chi connectivity index (χ1n) is 6.09. The van der Waals surface area contributed by atoms with Crippen molar-refractivity contribution >= 4 is 11.6 Å². The molecular weight excluding hydrogens is 264 g/mol. The standard InChI is InChI=1S/C13H15ClN4O/c1-2-5-15-8-11-3-4-13(18-17-11)19-12-6-10(14)7-16-9-12/h3-4,6-7,9,15H,2,5,8H2,1H3. The van der Waals surface area contributed by atoms with E-state index in [1.165, 1.54) is 0 Å². The van der Waals surface area contributed by atoms with E-state index in [9.17, 15) is 0 Å². The van der Waals surface area contributed by atoms with Gasteiger partial charge in [-0.2, -0.15) is 5.10 Å². The molecule has 0 unspecified atom stereocenters. The molecule has 5 nitrogen and oxygen atoms in total. The fourth-order valence-corrected chi connectivity index (χ4v) is 1.62. The quantitative estimate of drug-likeness (QED) is 0.824. The Balaban J connectivity index is 1.95. The molecule has 2 aromatic rings. The Hall–Kier alpha value is -1.72. The molecule has 0 bridgehead atoms. The number of rotatable bonds is 6. The van der Waals surface area contributed by atoms with Crippen LogP contribution in [0.5, 0.6) is 11.6 Å². The number of nitrogens with one attached hydrogen (secondary N) is 1. The highest BCUT2D eigenvalue weighted by molar-refractivity contribution is 6.30. The van der Waals surface area contributed by atoms with Crippen molar-refractivity contribution in [3.05, 3.63) is 41.3 Å². The van der Waals surface area contributed by atoms with Crippen molar-refractivity contribution in [2.75, 3.05) is 6.54 Å². The lowest BCUT2D eigenvalue weighted by Crippen LogP contribution is -2.15. The zero-order valence-electron chi connectivity index (χ0n) is 10.6. The average Bonchev–Trinajstić information content (AvgIpc) is 2.41. The maximum absolute atomic E-state index is 5.82. The third-order valence-corrected chi connectivity index (χ3v) is 2.54. The predicted octanol–water partition coefficient (Wildman–Crippen LogP) is 2.82.